The minimum absolute atomic E-state index is 0.319. The minimum atomic E-state index is -0.765. The van der Waals surface area contributed by atoms with E-state index < -0.39 is 17.4 Å². The number of benzene rings is 3. The van der Waals surface area contributed by atoms with E-state index >= 15 is 0 Å². The molecule has 38 heavy (non-hydrogen) atoms. The summed E-state index contributed by atoms with van der Waals surface area (Å²) in [4.78, 5) is 25.8. The summed E-state index contributed by atoms with van der Waals surface area (Å²) in [5.41, 5.74) is 0.685. The highest BCUT2D eigenvalue weighted by atomic mass is 16.5. The maximum atomic E-state index is 13.3. The van der Waals surface area contributed by atoms with Gasteiger partial charge in [0.2, 0.25) is 0 Å². The molecule has 0 aromatic heterocycles. The highest BCUT2D eigenvalue weighted by molar-refractivity contribution is 6.18. The van der Waals surface area contributed by atoms with Gasteiger partial charge in [0.1, 0.15) is 28.7 Å². The van der Waals surface area contributed by atoms with E-state index in [-0.39, 0.29) is 6.10 Å². The van der Waals surface area contributed by atoms with Crippen LogP contribution in [0.1, 0.15) is 64.7 Å². The van der Waals surface area contributed by atoms with Crippen LogP contribution in [0.3, 0.4) is 0 Å². The van der Waals surface area contributed by atoms with E-state index in [2.05, 4.69) is 0 Å². The lowest BCUT2D eigenvalue weighted by molar-refractivity contribution is -0.143. The lowest BCUT2D eigenvalue weighted by atomic mass is 9.83. The minimum Gasteiger partial charge on any atom is -0.496 e. The van der Waals surface area contributed by atoms with Gasteiger partial charge >= 0.3 is 11.9 Å². The number of hydrogen-bond donors (Lipinski definition) is 0. The van der Waals surface area contributed by atoms with Crippen molar-refractivity contribution in [3.8, 4) is 28.7 Å². The second kappa shape index (κ2) is 10.7. The number of hydrogen-bond acceptors (Lipinski definition) is 8. The van der Waals surface area contributed by atoms with Crippen molar-refractivity contribution in [1.29, 1.82) is 0 Å². The quantitative estimate of drug-likeness (QED) is 0.202. The van der Waals surface area contributed by atoms with Gasteiger partial charge in [0.15, 0.2) is 0 Å². The average molecular weight is 525 g/mol. The van der Waals surface area contributed by atoms with Crippen molar-refractivity contribution >= 4 is 33.5 Å². The van der Waals surface area contributed by atoms with Gasteiger partial charge in [0.25, 0.3) is 0 Å². The van der Waals surface area contributed by atoms with Crippen molar-refractivity contribution in [3.63, 3.8) is 0 Å². The maximum absolute atomic E-state index is 13.3. The Morgan fingerprint density at radius 3 is 2.16 bits per heavy atom. The standard InChI is InChI=1S/C30H36O8/c1-9-36-20-15-11-13-18-22(20)28(37-16(2)31)24-23(26(18)38-29(32)30(3,4)5)25(34-7)17-12-10-14-19(33-6)21(17)27(24)35-8/h10,12,14,20H,9,11,13,15H2,1-8H3. The number of fused-ring (bicyclic) bond motifs is 3. The first-order valence-corrected chi connectivity index (χ1v) is 12.8. The molecule has 8 nitrogen and oxygen atoms in total. The number of ether oxygens (including phenoxy) is 6. The van der Waals surface area contributed by atoms with Crippen molar-refractivity contribution in [2.75, 3.05) is 27.9 Å². The normalized spacial score (nSPS) is 15.2. The third-order valence-electron chi connectivity index (χ3n) is 6.76. The highest BCUT2D eigenvalue weighted by Crippen LogP contribution is 2.57. The number of esters is 2. The van der Waals surface area contributed by atoms with Gasteiger partial charge < -0.3 is 28.4 Å². The fraction of sp³-hybridized carbons (Fsp3) is 0.467. The molecule has 0 saturated heterocycles. The summed E-state index contributed by atoms with van der Waals surface area (Å²) in [5.74, 6) is 1.23. The Labute approximate surface area is 223 Å². The zero-order valence-corrected chi connectivity index (χ0v) is 23.4. The molecule has 0 saturated carbocycles. The van der Waals surface area contributed by atoms with Crippen LogP contribution in [0.5, 0.6) is 28.7 Å². The molecule has 1 unspecified atom stereocenters. The van der Waals surface area contributed by atoms with Crippen LogP contribution >= 0.6 is 0 Å². The molecule has 3 aromatic carbocycles. The Hall–Kier alpha value is -3.52. The smallest absolute Gasteiger partial charge is 0.316 e. The van der Waals surface area contributed by atoms with E-state index in [1.807, 2.05) is 25.1 Å². The predicted octanol–water partition coefficient (Wildman–Crippen LogP) is 6.31. The molecule has 0 heterocycles. The number of rotatable bonds is 7. The second-order valence-electron chi connectivity index (χ2n) is 10.3. The molecule has 8 heteroatoms. The van der Waals surface area contributed by atoms with Gasteiger partial charge in [-0.15, -0.1) is 0 Å². The third-order valence-corrected chi connectivity index (χ3v) is 6.76. The number of methoxy groups -OCH3 is 3. The molecular formula is C30H36O8. The van der Waals surface area contributed by atoms with E-state index in [0.717, 1.165) is 18.4 Å². The molecule has 0 fully saturated rings. The van der Waals surface area contributed by atoms with Crippen LogP contribution in [0.15, 0.2) is 18.2 Å². The van der Waals surface area contributed by atoms with E-state index in [9.17, 15) is 9.59 Å². The van der Waals surface area contributed by atoms with Crippen molar-refractivity contribution in [2.45, 2.75) is 60.0 Å². The Balaban J connectivity index is 2.33. The van der Waals surface area contributed by atoms with Crippen LogP contribution in [0.25, 0.3) is 21.5 Å². The zero-order chi connectivity index (χ0) is 27.8. The Kier molecular flexibility index (Phi) is 7.74. The molecule has 0 radical (unpaired) electrons. The van der Waals surface area contributed by atoms with Crippen molar-refractivity contribution in [1.82, 2.24) is 0 Å². The molecule has 1 aliphatic carbocycles. The van der Waals surface area contributed by atoms with Crippen LogP contribution < -0.4 is 23.7 Å². The monoisotopic (exact) mass is 524 g/mol. The maximum Gasteiger partial charge on any atom is 0.316 e. The molecule has 1 aliphatic rings. The predicted molar refractivity (Wildman–Crippen MR) is 145 cm³/mol. The number of carbonyl (C=O) groups excluding carboxylic acids is 2. The van der Waals surface area contributed by atoms with E-state index in [1.54, 1.807) is 42.1 Å². The molecule has 3 aromatic rings. The van der Waals surface area contributed by atoms with Gasteiger partial charge in [0, 0.05) is 30.0 Å². The Bertz CT molecular complexity index is 1400. The summed E-state index contributed by atoms with van der Waals surface area (Å²) in [7, 11) is 4.68. The van der Waals surface area contributed by atoms with Gasteiger partial charge in [-0.2, -0.15) is 0 Å². The first-order valence-electron chi connectivity index (χ1n) is 12.8. The van der Waals surface area contributed by atoms with E-state index in [4.69, 9.17) is 28.4 Å². The SMILES string of the molecule is CCOC1CCCc2c1c(OC(C)=O)c1c(OC)c3c(OC)cccc3c(OC)c1c2OC(=O)C(C)(C)C. The van der Waals surface area contributed by atoms with Gasteiger partial charge in [-0.05, 0) is 53.0 Å². The summed E-state index contributed by atoms with van der Waals surface area (Å²) < 4.78 is 36.0. The van der Waals surface area contributed by atoms with E-state index in [1.165, 1.54) is 6.92 Å². The van der Waals surface area contributed by atoms with Crippen LogP contribution in [-0.2, 0) is 20.7 Å². The summed E-state index contributed by atoms with van der Waals surface area (Å²) >= 11 is 0. The van der Waals surface area contributed by atoms with Crippen LogP contribution in [-0.4, -0.2) is 39.9 Å². The molecule has 0 aliphatic heterocycles. The van der Waals surface area contributed by atoms with Crippen LogP contribution in [0.4, 0.5) is 0 Å². The topological polar surface area (TPSA) is 89.5 Å². The molecular weight excluding hydrogens is 488 g/mol. The fourth-order valence-electron chi connectivity index (χ4n) is 5.18. The van der Waals surface area contributed by atoms with Gasteiger partial charge in [-0.25, -0.2) is 0 Å². The van der Waals surface area contributed by atoms with E-state index in [0.29, 0.717) is 68.9 Å². The Morgan fingerprint density at radius 1 is 0.895 bits per heavy atom. The summed E-state index contributed by atoms with van der Waals surface area (Å²) in [6.45, 7) is 9.15. The van der Waals surface area contributed by atoms with Crippen LogP contribution in [0.2, 0.25) is 0 Å². The molecule has 0 amide bonds. The molecule has 4 rings (SSSR count). The molecule has 1 atom stereocenters. The van der Waals surface area contributed by atoms with Crippen molar-refractivity contribution in [3.05, 3.63) is 29.3 Å². The molecule has 0 bridgehead atoms. The second-order valence-corrected chi connectivity index (χ2v) is 10.3. The van der Waals surface area contributed by atoms with Crippen molar-refractivity contribution < 1.29 is 38.0 Å². The van der Waals surface area contributed by atoms with Gasteiger partial charge in [0.05, 0.1) is 49.0 Å². The molecule has 0 spiro atoms. The third kappa shape index (κ3) is 4.62. The summed E-state index contributed by atoms with van der Waals surface area (Å²) in [5, 5.41) is 2.30. The Morgan fingerprint density at radius 2 is 1.58 bits per heavy atom. The summed E-state index contributed by atoms with van der Waals surface area (Å²) in [6.07, 6.45) is 1.78. The highest BCUT2D eigenvalue weighted by Gasteiger charge is 2.37. The lowest BCUT2D eigenvalue weighted by Gasteiger charge is -2.32. The largest absolute Gasteiger partial charge is 0.496 e. The lowest BCUT2D eigenvalue weighted by Crippen LogP contribution is -2.27. The average Bonchev–Trinajstić information content (AvgIpc) is 2.87. The first kappa shape index (κ1) is 27.5. The van der Waals surface area contributed by atoms with Gasteiger partial charge in [-0.3, -0.25) is 9.59 Å². The summed E-state index contributed by atoms with van der Waals surface area (Å²) in [6, 6.07) is 5.57. The fourth-order valence-corrected chi connectivity index (χ4v) is 5.18. The number of carbonyl (C=O) groups is 2. The molecule has 204 valence electrons. The zero-order valence-electron chi connectivity index (χ0n) is 23.4. The van der Waals surface area contributed by atoms with Crippen LogP contribution in [0, 0.1) is 5.41 Å². The van der Waals surface area contributed by atoms with Crippen molar-refractivity contribution in [2.24, 2.45) is 5.41 Å². The first-order chi connectivity index (χ1) is 18.1. The molecule has 0 N–H and O–H groups in total. The van der Waals surface area contributed by atoms with Gasteiger partial charge in [-0.1, -0.05) is 12.1 Å².